The fourth-order valence-electron chi connectivity index (χ4n) is 12.3. The lowest BCUT2D eigenvalue weighted by atomic mass is 10.0. The van der Waals surface area contributed by atoms with Gasteiger partial charge < -0.3 is 59.3 Å². The molecule has 20 nitrogen and oxygen atoms in total. The number of anilines is 1. The number of carbonyl (C=O) groups excluding carboxylic acids is 5. The molecule has 574 valence electrons. The van der Waals surface area contributed by atoms with Crippen LogP contribution in [0.5, 0.6) is 0 Å². The summed E-state index contributed by atoms with van der Waals surface area (Å²) in [6, 6.07) is 7.09. The summed E-state index contributed by atoms with van der Waals surface area (Å²) in [6.45, 7) is 24.8. The normalized spacial score (nSPS) is 12.5. The van der Waals surface area contributed by atoms with Gasteiger partial charge in [-0.2, -0.15) is 0 Å². The first-order chi connectivity index (χ1) is 47.8. The number of amides is 4. The molecule has 0 aliphatic heterocycles. The highest BCUT2D eigenvalue weighted by Crippen LogP contribution is 2.49. The Morgan fingerprint density at radius 1 is 0.520 bits per heavy atom. The number of ether oxygens (including phenoxy) is 3. The fourth-order valence-corrected chi connectivity index (χ4v) is 14.0. The lowest BCUT2D eigenvalue weighted by Gasteiger charge is -2.29. The van der Waals surface area contributed by atoms with E-state index in [2.05, 4.69) is 39.8 Å². The predicted molar refractivity (Wildman–Crippen MR) is 410 cm³/mol. The SMILES string of the molecule is CCCCCCCCCCCCCCCCOP(=O)(CCCN[C@@H](CCC(=O)NCCCN(CCCCN(CCCCC(=O)OC(C)(C)C)C(=O)OC(C)(C)C)C(=O)OC(C)(C)C)C(=O)NCCCn1cnc2c(N)nc3ccccc3c21)OCCCCCCCCCCCCCCCC. The fraction of sp³-hybridized carbons (Fsp3) is 0.810. The Labute approximate surface area is 605 Å². The summed E-state index contributed by atoms with van der Waals surface area (Å²) >= 11 is 0. The zero-order valence-electron chi connectivity index (χ0n) is 64.9. The van der Waals surface area contributed by atoms with Crippen molar-refractivity contribution >= 4 is 65.3 Å². The van der Waals surface area contributed by atoms with E-state index >= 15 is 0 Å². The smallest absolute Gasteiger partial charge is 0.410 e. The minimum atomic E-state index is -3.45. The summed E-state index contributed by atoms with van der Waals surface area (Å²) in [5.41, 5.74) is 6.64. The second-order valence-corrected chi connectivity index (χ2v) is 33.0. The molecule has 100 heavy (non-hydrogen) atoms. The second-order valence-electron chi connectivity index (χ2n) is 30.8. The zero-order valence-corrected chi connectivity index (χ0v) is 65.8. The number of nitrogens with one attached hydrogen (secondary N) is 3. The molecule has 21 heteroatoms. The first-order valence-electron chi connectivity index (χ1n) is 39.7. The van der Waals surface area contributed by atoms with Gasteiger partial charge in [-0.15, -0.1) is 0 Å². The summed E-state index contributed by atoms with van der Waals surface area (Å²) in [6.07, 6.45) is 40.4. The first-order valence-corrected chi connectivity index (χ1v) is 41.4. The van der Waals surface area contributed by atoms with Crippen LogP contribution in [0.15, 0.2) is 30.6 Å². The summed E-state index contributed by atoms with van der Waals surface area (Å²) < 4.78 is 46.0. The monoisotopic (exact) mass is 1420 g/mol. The molecule has 0 aliphatic rings. The molecule has 3 aromatic rings. The van der Waals surface area contributed by atoms with Crippen LogP contribution >= 0.6 is 7.60 Å². The van der Waals surface area contributed by atoms with E-state index in [4.69, 9.17) is 29.0 Å². The van der Waals surface area contributed by atoms with Gasteiger partial charge in [-0.25, -0.2) is 19.6 Å². The van der Waals surface area contributed by atoms with Crippen LogP contribution in [0.3, 0.4) is 0 Å². The maximum Gasteiger partial charge on any atom is 0.410 e. The Balaban J connectivity index is 1.63. The molecule has 1 aromatic carbocycles. The van der Waals surface area contributed by atoms with Crippen molar-refractivity contribution in [1.82, 2.24) is 40.3 Å². The van der Waals surface area contributed by atoms with Gasteiger partial charge in [0.2, 0.25) is 11.8 Å². The maximum absolute atomic E-state index is 14.5. The number of unbranched alkanes of at least 4 members (excludes halogenated alkanes) is 28. The van der Waals surface area contributed by atoms with Gasteiger partial charge in [0.05, 0.1) is 42.8 Å². The number of aryl methyl sites for hydroxylation is 1. The number of para-hydroxylation sites is 1. The Morgan fingerprint density at radius 3 is 1.44 bits per heavy atom. The van der Waals surface area contributed by atoms with Gasteiger partial charge in [-0.1, -0.05) is 199 Å². The molecule has 0 saturated heterocycles. The van der Waals surface area contributed by atoms with Crippen LogP contribution in [0.2, 0.25) is 0 Å². The molecule has 4 amide bonds. The summed E-state index contributed by atoms with van der Waals surface area (Å²) in [5, 5.41) is 10.5. The number of fused-ring (bicyclic) bond motifs is 3. The molecule has 2 aromatic heterocycles. The predicted octanol–water partition coefficient (Wildman–Crippen LogP) is 19.3. The zero-order chi connectivity index (χ0) is 73.3. The van der Waals surface area contributed by atoms with E-state index in [1.165, 1.54) is 141 Å². The van der Waals surface area contributed by atoms with Crippen molar-refractivity contribution in [3.63, 3.8) is 0 Å². The number of pyridine rings is 1. The molecule has 1 atom stereocenters. The van der Waals surface area contributed by atoms with Gasteiger partial charge in [-0.3, -0.25) is 18.9 Å². The molecule has 5 N–H and O–H groups in total. The number of hydrogen-bond donors (Lipinski definition) is 4. The number of rotatable bonds is 59. The number of carbonyl (C=O) groups is 5. The number of benzene rings is 1. The average Bonchev–Trinajstić information content (AvgIpc) is 1.58. The minimum absolute atomic E-state index is 0.0582. The van der Waals surface area contributed by atoms with Crippen LogP contribution in [-0.4, -0.2) is 142 Å². The van der Waals surface area contributed by atoms with E-state index in [0.717, 1.165) is 54.9 Å². The van der Waals surface area contributed by atoms with E-state index in [1.54, 1.807) is 16.1 Å². The largest absolute Gasteiger partial charge is 0.460 e. The van der Waals surface area contributed by atoms with Crippen molar-refractivity contribution in [1.29, 1.82) is 0 Å². The van der Waals surface area contributed by atoms with Crippen LogP contribution in [0.4, 0.5) is 15.4 Å². The molecule has 0 saturated carbocycles. The number of nitrogens with zero attached hydrogens (tertiary/aromatic N) is 5. The van der Waals surface area contributed by atoms with E-state index in [-0.39, 0.29) is 49.8 Å². The van der Waals surface area contributed by atoms with E-state index < -0.39 is 42.6 Å². The average molecular weight is 1430 g/mol. The van der Waals surface area contributed by atoms with Gasteiger partial charge in [0.15, 0.2) is 5.82 Å². The lowest BCUT2D eigenvalue weighted by Crippen LogP contribution is -2.45. The standard InChI is InChI=1S/C79H142N9O11P/c1-12-14-16-18-20-22-24-26-28-30-32-34-36-44-62-95-100(94,96-63-45-37-35-33-31-29-27-25-23-21-19-17-15-13-2)64-48-56-81-68(74(91)83-55-47-61-88-65-84-71-72(88)66-49-38-39-50-67(66)85-73(71)80)52-53-69(89)82-54-46-60-87(76(93)99-79(9,10)11)59-43-42-58-86(75(92)98-78(6,7)8)57-41-40-51-70(90)97-77(3,4)5/h38-39,49-50,65,68,81H,12-37,40-48,51-64H2,1-11H3,(H2,80,85)(H,82,89)(H,83,91)/t68-/m0/s1. The van der Waals surface area contributed by atoms with E-state index in [0.29, 0.717) is 115 Å². The number of imidazole rings is 1. The summed E-state index contributed by atoms with van der Waals surface area (Å²) in [4.78, 5) is 79.5. The Morgan fingerprint density at radius 2 is 0.960 bits per heavy atom. The summed E-state index contributed by atoms with van der Waals surface area (Å²) in [7, 11) is -3.45. The molecule has 2 heterocycles. The Kier molecular flexibility index (Phi) is 46.4. The van der Waals surface area contributed by atoms with Gasteiger partial charge >= 0.3 is 25.8 Å². The first kappa shape index (κ1) is 89.2. The molecular formula is C79H142N9O11P. The number of nitrogens with two attached hydrogens (primary N) is 1. The molecule has 0 bridgehead atoms. The maximum atomic E-state index is 14.5. The molecule has 0 spiro atoms. The van der Waals surface area contributed by atoms with Gasteiger partial charge in [0.25, 0.3) is 0 Å². The molecule has 3 rings (SSSR count). The topological polar surface area (TPSA) is 248 Å². The molecular weight excluding hydrogens is 1280 g/mol. The van der Waals surface area contributed by atoms with Crippen LogP contribution in [-0.2, 0) is 48.8 Å². The van der Waals surface area contributed by atoms with Crippen molar-refractivity contribution in [3.05, 3.63) is 30.6 Å². The van der Waals surface area contributed by atoms with Crippen molar-refractivity contribution in [3.8, 4) is 0 Å². The van der Waals surface area contributed by atoms with Gasteiger partial charge in [0, 0.05) is 64.0 Å². The third kappa shape index (κ3) is 43.2. The van der Waals surface area contributed by atoms with Crippen LogP contribution in [0, 0.1) is 0 Å². The molecule has 0 fully saturated rings. The number of nitrogen functional groups attached to an aromatic ring is 1. The second kappa shape index (κ2) is 52.0. The number of hydrogen-bond acceptors (Lipinski definition) is 15. The van der Waals surface area contributed by atoms with Crippen molar-refractivity contribution in [2.45, 2.75) is 350 Å². The van der Waals surface area contributed by atoms with Gasteiger partial charge in [-0.05, 0) is 139 Å². The van der Waals surface area contributed by atoms with E-state index in [1.807, 2.05) is 91.1 Å². The van der Waals surface area contributed by atoms with Crippen LogP contribution in [0.1, 0.15) is 320 Å². The summed E-state index contributed by atoms with van der Waals surface area (Å²) in [5.74, 6) is -0.389. The van der Waals surface area contributed by atoms with Crippen molar-refractivity contribution < 1.29 is 51.8 Å². The highest BCUT2D eigenvalue weighted by atomic mass is 31.2. The highest BCUT2D eigenvalue weighted by Gasteiger charge is 2.28. The number of aromatic nitrogens is 3. The van der Waals surface area contributed by atoms with Crippen LogP contribution < -0.4 is 21.7 Å². The number of esters is 1. The van der Waals surface area contributed by atoms with Crippen molar-refractivity contribution in [2.24, 2.45) is 0 Å². The Hall–Kier alpha value is -5.04. The van der Waals surface area contributed by atoms with Crippen LogP contribution in [0.25, 0.3) is 21.9 Å². The molecule has 0 unspecified atom stereocenters. The van der Waals surface area contributed by atoms with Gasteiger partial charge in [0.1, 0.15) is 22.3 Å². The van der Waals surface area contributed by atoms with Crippen molar-refractivity contribution in [2.75, 3.05) is 70.9 Å². The highest BCUT2D eigenvalue weighted by molar-refractivity contribution is 7.53. The third-order valence-corrected chi connectivity index (χ3v) is 19.7. The van der Waals surface area contributed by atoms with E-state index in [9.17, 15) is 28.5 Å². The Bertz CT molecular complexity index is 2700. The molecule has 0 radical (unpaired) electrons. The lowest BCUT2D eigenvalue weighted by molar-refractivity contribution is -0.155. The third-order valence-electron chi connectivity index (χ3n) is 17.7. The molecule has 0 aliphatic carbocycles. The quantitative estimate of drug-likeness (QED) is 0.0178. The minimum Gasteiger partial charge on any atom is -0.460 e.